The van der Waals surface area contributed by atoms with Gasteiger partial charge in [0.15, 0.2) is 5.78 Å². The van der Waals surface area contributed by atoms with E-state index in [1.807, 2.05) is 13.8 Å². The van der Waals surface area contributed by atoms with E-state index in [4.69, 9.17) is 0 Å². The number of benzene rings is 2. The number of ketones is 4. The van der Waals surface area contributed by atoms with Crippen LogP contribution in [0.15, 0.2) is 30.3 Å². The quantitative estimate of drug-likeness (QED) is 0.191. The zero-order valence-corrected chi connectivity index (χ0v) is 28.9. The van der Waals surface area contributed by atoms with Crippen LogP contribution in [0.3, 0.4) is 0 Å². The first kappa shape index (κ1) is 35.6. The molecule has 4 heteroatoms. The van der Waals surface area contributed by atoms with Gasteiger partial charge in [-0.3, -0.25) is 19.2 Å². The lowest BCUT2D eigenvalue weighted by molar-refractivity contribution is -0.130. The van der Waals surface area contributed by atoms with Gasteiger partial charge in [-0.15, -0.1) is 0 Å². The summed E-state index contributed by atoms with van der Waals surface area (Å²) >= 11 is 0. The third-order valence-electron chi connectivity index (χ3n) is 9.39. The minimum absolute atomic E-state index is 0.00581. The Morgan fingerprint density at radius 1 is 0.955 bits per heavy atom. The maximum Gasteiger partial charge on any atom is 0.163 e. The van der Waals surface area contributed by atoms with Crippen molar-refractivity contribution in [2.24, 2.45) is 23.2 Å². The standard InChI is InChI=1S/C40H56O4/c1-10-12-31(34(11-2)37(43)17-26(5)41)18-30-20-36-35(25(3)4)23-32(27(6)39(36)38(44)21-30)22-33(42)19-28-13-15-29(16-14-28)24-40(7,8)9/h13-16,23,25,30-31,34H,10-12,17-22,24H2,1-9H3. The van der Waals surface area contributed by atoms with Crippen molar-refractivity contribution in [1.29, 1.82) is 0 Å². The number of hydrogen-bond acceptors (Lipinski definition) is 4. The summed E-state index contributed by atoms with van der Waals surface area (Å²) in [5, 5.41) is 0. The van der Waals surface area contributed by atoms with E-state index < -0.39 is 0 Å². The van der Waals surface area contributed by atoms with Gasteiger partial charge in [0.05, 0.1) is 6.42 Å². The van der Waals surface area contributed by atoms with E-state index in [0.717, 1.165) is 66.3 Å². The maximum atomic E-state index is 13.8. The average Bonchev–Trinajstić information content (AvgIpc) is 2.90. The highest BCUT2D eigenvalue weighted by Crippen LogP contribution is 2.40. The van der Waals surface area contributed by atoms with E-state index in [2.05, 4.69) is 71.9 Å². The molecule has 4 nitrogen and oxygen atoms in total. The molecule has 0 heterocycles. The Morgan fingerprint density at radius 3 is 2.14 bits per heavy atom. The van der Waals surface area contributed by atoms with E-state index in [9.17, 15) is 19.2 Å². The highest BCUT2D eigenvalue weighted by Gasteiger charge is 2.35. The lowest BCUT2D eigenvalue weighted by Crippen LogP contribution is -2.30. The van der Waals surface area contributed by atoms with Crippen LogP contribution in [0, 0.1) is 30.1 Å². The SMILES string of the molecule is CCCC(CC1CC(=O)c2c(C)c(CC(=O)Cc3ccc(CC(C)(C)C)cc3)cc(C(C)C)c2C1)C(CC)C(=O)CC(C)=O. The van der Waals surface area contributed by atoms with Crippen LogP contribution in [0.1, 0.15) is 144 Å². The maximum absolute atomic E-state index is 13.8. The Morgan fingerprint density at radius 2 is 1.59 bits per heavy atom. The Labute approximate surface area is 266 Å². The Hall–Kier alpha value is -2.88. The number of rotatable bonds is 15. The van der Waals surface area contributed by atoms with E-state index in [-0.39, 0.29) is 58.6 Å². The second-order valence-electron chi connectivity index (χ2n) is 15.0. The molecule has 0 fully saturated rings. The minimum atomic E-state index is -0.135. The van der Waals surface area contributed by atoms with Crippen molar-refractivity contribution in [3.63, 3.8) is 0 Å². The third kappa shape index (κ3) is 9.56. The molecule has 2 aromatic carbocycles. The summed E-state index contributed by atoms with van der Waals surface area (Å²) in [4.78, 5) is 51.8. The van der Waals surface area contributed by atoms with Crippen molar-refractivity contribution < 1.29 is 19.2 Å². The molecule has 1 aliphatic carbocycles. The predicted octanol–water partition coefficient (Wildman–Crippen LogP) is 9.19. The second kappa shape index (κ2) is 15.4. The summed E-state index contributed by atoms with van der Waals surface area (Å²) in [5.41, 5.74) is 7.60. The lowest BCUT2D eigenvalue weighted by atomic mass is 9.70. The number of hydrogen-bond donors (Lipinski definition) is 0. The van der Waals surface area contributed by atoms with Gasteiger partial charge in [-0.25, -0.2) is 0 Å². The molecule has 0 saturated carbocycles. The Kier molecular flexibility index (Phi) is 12.5. The Balaban J connectivity index is 1.82. The monoisotopic (exact) mass is 600 g/mol. The molecule has 3 unspecified atom stereocenters. The second-order valence-corrected chi connectivity index (χ2v) is 15.0. The molecule has 0 bridgehead atoms. The molecule has 240 valence electrons. The average molecular weight is 601 g/mol. The number of fused-ring (bicyclic) bond motifs is 1. The topological polar surface area (TPSA) is 68.3 Å². The van der Waals surface area contributed by atoms with Crippen molar-refractivity contribution in [2.75, 3.05) is 0 Å². The first-order chi connectivity index (χ1) is 20.6. The van der Waals surface area contributed by atoms with Crippen molar-refractivity contribution in [1.82, 2.24) is 0 Å². The summed E-state index contributed by atoms with van der Waals surface area (Å²) in [7, 11) is 0. The van der Waals surface area contributed by atoms with Crippen LogP contribution in [0.5, 0.6) is 0 Å². The zero-order chi connectivity index (χ0) is 32.8. The van der Waals surface area contributed by atoms with Crippen molar-refractivity contribution in [3.05, 3.63) is 69.3 Å². The fourth-order valence-corrected chi connectivity index (χ4v) is 7.47. The lowest BCUT2D eigenvalue weighted by Gasteiger charge is -2.33. The fraction of sp³-hybridized carbons (Fsp3) is 0.600. The Bertz CT molecular complexity index is 1340. The first-order valence-corrected chi connectivity index (χ1v) is 16.9. The molecular formula is C40H56O4. The van der Waals surface area contributed by atoms with Gasteiger partial charge in [0.25, 0.3) is 0 Å². The number of carbonyl (C=O) groups is 4. The summed E-state index contributed by atoms with van der Waals surface area (Å²) in [6, 6.07) is 10.6. The van der Waals surface area contributed by atoms with Gasteiger partial charge in [-0.2, -0.15) is 0 Å². The van der Waals surface area contributed by atoms with Crippen molar-refractivity contribution >= 4 is 23.1 Å². The van der Waals surface area contributed by atoms with Gasteiger partial charge in [-0.05, 0) is 96.1 Å². The molecule has 0 aliphatic heterocycles. The summed E-state index contributed by atoms with van der Waals surface area (Å²) in [5.74, 6) is 0.751. The summed E-state index contributed by atoms with van der Waals surface area (Å²) in [6.45, 7) is 18.7. The highest BCUT2D eigenvalue weighted by atomic mass is 16.1. The van der Waals surface area contributed by atoms with Gasteiger partial charge in [0, 0.05) is 30.7 Å². The van der Waals surface area contributed by atoms with Gasteiger partial charge in [-0.1, -0.05) is 91.6 Å². The highest BCUT2D eigenvalue weighted by molar-refractivity contribution is 6.01. The van der Waals surface area contributed by atoms with Gasteiger partial charge < -0.3 is 0 Å². The smallest absolute Gasteiger partial charge is 0.163 e. The van der Waals surface area contributed by atoms with E-state index in [0.29, 0.717) is 19.3 Å². The van der Waals surface area contributed by atoms with Crippen LogP contribution in [0.25, 0.3) is 0 Å². The molecule has 0 saturated heterocycles. The molecule has 2 aromatic rings. The molecule has 44 heavy (non-hydrogen) atoms. The van der Waals surface area contributed by atoms with Crippen LogP contribution < -0.4 is 0 Å². The molecule has 3 rings (SSSR count). The van der Waals surface area contributed by atoms with E-state index in [1.54, 1.807) is 0 Å². The molecule has 0 amide bonds. The summed E-state index contributed by atoms with van der Waals surface area (Å²) < 4.78 is 0. The van der Waals surface area contributed by atoms with Crippen LogP contribution in [-0.2, 0) is 40.1 Å². The summed E-state index contributed by atoms with van der Waals surface area (Å²) in [6.07, 6.45) is 6.47. The molecule has 1 aliphatic rings. The molecule has 0 N–H and O–H groups in total. The molecule has 0 aromatic heterocycles. The van der Waals surface area contributed by atoms with Gasteiger partial charge >= 0.3 is 0 Å². The van der Waals surface area contributed by atoms with E-state index in [1.165, 1.54) is 18.1 Å². The van der Waals surface area contributed by atoms with Crippen LogP contribution in [0.4, 0.5) is 0 Å². The van der Waals surface area contributed by atoms with Crippen molar-refractivity contribution in [3.8, 4) is 0 Å². The van der Waals surface area contributed by atoms with Crippen LogP contribution >= 0.6 is 0 Å². The van der Waals surface area contributed by atoms with E-state index >= 15 is 0 Å². The molecule has 0 radical (unpaired) electrons. The normalized spacial score (nSPS) is 16.5. The number of Topliss-reactive ketones (excluding diaryl/α,β-unsaturated/α-hetero) is 4. The van der Waals surface area contributed by atoms with Gasteiger partial charge in [0.2, 0.25) is 0 Å². The minimum Gasteiger partial charge on any atom is -0.300 e. The molecule has 0 spiro atoms. The van der Waals surface area contributed by atoms with Crippen LogP contribution in [0.2, 0.25) is 0 Å². The predicted molar refractivity (Wildman–Crippen MR) is 181 cm³/mol. The zero-order valence-electron chi connectivity index (χ0n) is 28.9. The number of carbonyl (C=O) groups excluding carboxylic acids is 4. The fourth-order valence-electron chi connectivity index (χ4n) is 7.47. The molecular weight excluding hydrogens is 544 g/mol. The van der Waals surface area contributed by atoms with Gasteiger partial charge in [0.1, 0.15) is 17.3 Å². The van der Waals surface area contributed by atoms with Crippen LogP contribution in [-0.4, -0.2) is 23.1 Å². The third-order valence-corrected chi connectivity index (χ3v) is 9.39. The van der Waals surface area contributed by atoms with Crippen molar-refractivity contribution in [2.45, 2.75) is 132 Å². The largest absolute Gasteiger partial charge is 0.300 e. The molecule has 3 atom stereocenters. The first-order valence-electron chi connectivity index (χ1n) is 16.9.